The SMILES string of the molecule is CC[C@@H](C)OP(=O)(Cl)O[C@H](C)CC. The largest absolute Gasteiger partial charge is 0.424 e. The molecule has 5 heteroatoms. The summed E-state index contributed by atoms with van der Waals surface area (Å²) >= 11 is 5.59. The van der Waals surface area contributed by atoms with E-state index in [9.17, 15) is 4.57 Å². The van der Waals surface area contributed by atoms with Gasteiger partial charge in [0.2, 0.25) is 0 Å². The molecule has 0 saturated heterocycles. The molecule has 13 heavy (non-hydrogen) atoms. The third kappa shape index (κ3) is 6.50. The molecule has 0 amide bonds. The fourth-order valence-corrected chi connectivity index (χ4v) is 2.63. The molecule has 0 radical (unpaired) electrons. The van der Waals surface area contributed by atoms with Gasteiger partial charge in [0.1, 0.15) is 0 Å². The van der Waals surface area contributed by atoms with Gasteiger partial charge in [0.15, 0.2) is 0 Å². The lowest BCUT2D eigenvalue weighted by molar-refractivity contribution is 0.135. The van der Waals surface area contributed by atoms with Crippen LogP contribution in [0.15, 0.2) is 0 Å². The summed E-state index contributed by atoms with van der Waals surface area (Å²) in [7, 11) is 0. The molecule has 0 N–H and O–H groups in total. The zero-order valence-corrected chi connectivity index (χ0v) is 10.3. The van der Waals surface area contributed by atoms with Gasteiger partial charge in [-0.3, -0.25) is 9.05 Å². The Morgan fingerprint density at radius 1 is 1.15 bits per heavy atom. The second-order valence-corrected chi connectivity index (χ2v) is 5.60. The van der Waals surface area contributed by atoms with Crippen molar-refractivity contribution >= 4 is 18.2 Å². The highest BCUT2D eigenvalue weighted by Crippen LogP contribution is 2.55. The third-order valence-electron chi connectivity index (χ3n) is 1.76. The van der Waals surface area contributed by atoms with Gasteiger partial charge < -0.3 is 0 Å². The Labute approximate surface area is 85.1 Å². The van der Waals surface area contributed by atoms with E-state index in [0.29, 0.717) is 0 Å². The third-order valence-corrected chi connectivity index (χ3v) is 3.46. The van der Waals surface area contributed by atoms with Gasteiger partial charge in [0, 0.05) is 11.2 Å². The Bertz CT molecular complexity index is 170. The van der Waals surface area contributed by atoms with Crippen molar-refractivity contribution in [3.05, 3.63) is 0 Å². The Morgan fingerprint density at radius 3 is 1.69 bits per heavy atom. The summed E-state index contributed by atoms with van der Waals surface area (Å²) in [4.78, 5) is 0. The lowest BCUT2D eigenvalue weighted by atomic mass is 10.3. The molecule has 2 atom stereocenters. The molecule has 0 unspecified atom stereocenters. The topological polar surface area (TPSA) is 35.5 Å². The standard InChI is InChI=1S/C8H18ClO3P/c1-5-7(3)11-13(9,10)12-8(4)6-2/h7-8H,5-6H2,1-4H3/t7-,8-/m1/s1. The molecule has 0 aromatic carbocycles. The van der Waals surface area contributed by atoms with Gasteiger partial charge in [-0.05, 0) is 26.7 Å². The van der Waals surface area contributed by atoms with E-state index in [1.54, 1.807) is 0 Å². The minimum Gasteiger partial charge on any atom is -0.294 e. The predicted molar refractivity (Wildman–Crippen MR) is 55.1 cm³/mol. The second-order valence-electron chi connectivity index (χ2n) is 3.08. The van der Waals surface area contributed by atoms with Crippen molar-refractivity contribution in [3.8, 4) is 0 Å². The van der Waals surface area contributed by atoms with Crippen molar-refractivity contribution in [2.75, 3.05) is 0 Å². The fourth-order valence-electron chi connectivity index (χ4n) is 0.604. The van der Waals surface area contributed by atoms with E-state index < -0.39 is 6.95 Å². The van der Waals surface area contributed by atoms with E-state index in [-0.39, 0.29) is 12.2 Å². The average molecular weight is 229 g/mol. The van der Waals surface area contributed by atoms with Gasteiger partial charge in [-0.1, -0.05) is 13.8 Å². The lowest BCUT2D eigenvalue weighted by Crippen LogP contribution is -2.08. The minimum absolute atomic E-state index is 0.132. The second kappa shape index (κ2) is 6.02. The minimum atomic E-state index is -3.37. The first-order valence-electron chi connectivity index (χ1n) is 4.57. The number of hydrogen-bond acceptors (Lipinski definition) is 3. The van der Waals surface area contributed by atoms with Crippen LogP contribution < -0.4 is 0 Å². The number of hydrogen-bond donors (Lipinski definition) is 0. The van der Waals surface area contributed by atoms with Crippen molar-refractivity contribution in [1.29, 1.82) is 0 Å². The summed E-state index contributed by atoms with van der Waals surface area (Å²) < 4.78 is 21.6. The van der Waals surface area contributed by atoms with Crippen LogP contribution in [0.25, 0.3) is 0 Å². The maximum atomic E-state index is 11.5. The highest BCUT2D eigenvalue weighted by atomic mass is 35.7. The van der Waals surface area contributed by atoms with E-state index in [1.807, 2.05) is 27.7 Å². The number of rotatable bonds is 6. The monoisotopic (exact) mass is 228 g/mol. The molecular weight excluding hydrogens is 211 g/mol. The van der Waals surface area contributed by atoms with Crippen molar-refractivity contribution in [2.24, 2.45) is 0 Å². The molecule has 0 fully saturated rings. The van der Waals surface area contributed by atoms with E-state index in [4.69, 9.17) is 20.3 Å². The normalized spacial score (nSPS) is 17.0. The summed E-state index contributed by atoms with van der Waals surface area (Å²) in [6.07, 6.45) is 1.26. The summed E-state index contributed by atoms with van der Waals surface area (Å²) in [6, 6.07) is 0. The molecule has 0 spiro atoms. The molecule has 0 aliphatic carbocycles. The Hall–Kier alpha value is 0.440. The van der Waals surface area contributed by atoms with E-state index in [2.05, 4.69) is 0 Å². The highest BCUT2D eigenvalue weighted by Gasteiger charge is 2.25. The van der Waals surface area contributed by atoms with E-state index >= 15 is 0 Å². The van der Waals surface area contributed by atoms with Crippen LogP contribution in [-0.2, 0) is 13.6 Å². The predicted octanol–water partition coefficient (Wildman–Crippen LogP) is 3.96. The van der Waals surface area contributed by atoms with E-state index in [0.717, 1.165) is 12.8 Å². The van der Waals surface area contributed by atoms with Gasteiger partial charge >= 0.3 is 6.95 Å². The van der Waals surface area contributed by atoms with Crippen molar-refractivity contribution in [1.82, 2.24) is 0 Å². The zero-order chi connectivity index (χ0) is 10.5. The molecule has 0 aromatic rings. The van der Waals surface area contributed by atoms with Gasteiger partial charge in [-0.15, -0.1) is 0 Å². The Kier molecular flexibility index (Phi) is 6.23. The van der Waals surface area contributed by atoms with Crippen LogP contribution >= 0.6 is 18.2 Å². The van der Waals surface area contributed by atoms with E-state index in [1.165, 1.54) is 0 Å². The Balaban J connectivity index is 4.00. The first-order chi connectivity index (χ1) is 5.91. The van der Waals surface area contributed by atoms with Gasteiger partial charge in [0.05, 0.1) is 12.2 Å². The first kappa shape index (κ1) is 13.4. The molecule has 80 valence electrons. The van der Waals surface area contributed by atoms with Crippen LogP contribution in [0.1, 0.15) is 40.5 Å². The smallest absolute Gasteiger partial charge is 0.294 e. The van der Waals surface area contributed by atoms with Gasteiger partial charge in [-0.2, -0.15) is 0 Å². The van der Waals surface area contributed by atoms with Crippen molar-refractivity contribution in [2.45, 2.75) is 52.7 Å². The molecular formula is C8H18ClO3P. The number of halogens is 1. The molecule has 3 nitrogen and oxygen atoms in total. The fraction of sp³-hybridized carbons (Fsp3) is 1.00. The van der Waals surface area contributed by atoms with Crippen LogP contribution in [0.2, 0.25) is 0 Å². The van der Waals surface area contributed by atoms with Crippen LogP contribution in [0.5, 0.6) is 0 Å². The lowest BCUT2D eigenvalue weighted by Gasteiger charge is -2.18. The molecule has 0 aromatic heterocycles. The average Bonchev–Trinajstić information content (AvgIpc) is 2.02. The maximum absolute atomic E-state index is 11.5. The first-order valence-corrected chi connectivity index (χ1v) is 7.02. The summed E-state index contributed by atoms with van der Waals surface area (Å²) in [6.45, 7) is 4.13. The summed E-state index contributed by atoms with van der Waals surface area (Å²) in [5.41, 5.74) is 0. The van der Waals surface area contributed by atoms with Gasteiger partial charge in [0.25, 0.3) is 0 Å². The zero-order valence-electron chi connectivity index (χ0n) is 8.62. The van der Waals surface area contributed by atoms with Gasteiger partial charge in [-0.25, -0.2) is 4.57 Å². The quantitative estimate of drug-likeness (QED) is 0.646. The van der Waals surface area contributed by atoms with Crippen LogP contribution in [0.3, 0.4) is 0 Å². The van der Waals surface area contributed by atoms with Crippen LogP contribution in [0.4, 0.5) is 0 Å². The molecule has 0 heterocycles. The summed E-state index contributed by atoms with van der Waals surface area (Å²) in [5.74, 6) is 0. The Morgan fingerprint density at radius 2 is 1.46 bits per heavy atom. The molecule has 0 saturated carbocycles. The van der Waals surface area contributed by atoms with Crippen LogP contribution in [-0.4, -0.2) is 12.2 Å². The molecule has 0 bridgehead atoms. The maximum Gasteiger partial charge on any atom is 0.424 e. The van der Waals surface area contributed by atoms with Crippen molar-refractivity contribution in [3.63, 3.8) is 0 Å². The highest BCUT2D eigenvalue weighted by molar-refractivity contribution is 7.81. The molecule has 0 aliphatic heterocycles. The summed E-state index contributed by atoms with van der Waals surface area (Å²) in [5, 5.41) is 0. The van der Waals surface area contributed by atoms with Crippen molar-refractivity contribution < 1.29 is 13.6 Å². The molecule has 0 rings (SSSR count). The van der Waals surface area contributed by atoms with Crippen LogP contribution in [0, 0.1) is 0 Å². The molecule has 0 aliphatic rings.